The first kappa shape index (κ1) is 12.3. The molecule has 0 radical (unpaired) electrons. The summed E-state index contributed by atoms with van der Waals surface area (Å²) in [6.07, 6.45) is 5.39. The van der Waals surface area contributed by atoms with Gasteiger partial charge in [0.15, 0.2) is 0 Å². The molecule has 0 bridgehead atoms. The zero-order valence-corrected chi connectivity index (χ0v) is 10.9. The fraction of sp³-hybridized carbons (Fsp3) is 1.00. The van der Waals surface area contributed by atoms with Crippen LogP contribution in [-0.2, 0) is 0 Å². The van der Waals surface area contributed by atoms with Gasteiger partial charge in [-0.25, -0.2) is 0 Å². The van der Waals surface area contributed by atoms with Crippen molar-refractivity contribution in [1.82, 2.24) is 15.1 Å². The molecule has 2 fully saturated rings. The minimum Gasteiger partial charge on any atom is -0.313 e. The molecule has 0 aromatic rings. The molecule has 2 aliphatic rings. The van der Waals surface area contributed by atoms with Gasteiger partial charge in [-0.15, -0.1) is 0 Å². The fourth-order valence-corrected chi connectivity index (χ4v) is 3.07. The summed E-state index contributed by atoms with van der Waals surface area (Å²) in [7, 11) is 2.26. The smallest absolute Gasteiger partial charge is 0.0224 e. The molecule has 0 aromatic heterocycles. The summed E-state index contributed by atoms with van der Waals surface area (Å²) in [4.78, 5) is 5.20. The van der Waals surface area contributed by atoms with Crippen molar-refractivity contribution < 1.29 is 0 Å². The SMILES string of the molecule is CCCNC1CCN(C2CCCN(C)C2)C1. The summed E-state index contributed by atoms with van der Waals surface area (Å²) < 4.78 is 0. The molecular weight excluding hydrogens is 198 g/mol. The molecule has 16 heavy (non-hydrogen) atoms. The van der Waals surface area contributed by atoms with Crippen molar-refractivity contribution in [3.05, 3.63) is 0 Å². The molecule has 3 nitrogen and oxygen atoms in total. The maximum atomic E-state index is 3.66. The Morgan fingerprint density at radius 3 is 2.81 bits per heavy atom. The molecule has 3 heteroatoms. The summed E-state index contributed by atoms with van der Waals surface area (Å²) in [5, 5.41) is 3.66. The number of rotatable bonds is 4. The van der Waals surface area contributed by atoms with E-state index < -0.39 is 0 Å². The summed E-state index contributed by atoms with van der Waals surface area (Å²) in [6.45, 7) is 8.58. The van der Waals surface area contributed by atoms with Crippen LogP contribution in [0.15, 0.2) is 0 Å². The highest BCUT2D eigenvalue weighted by Gasteiger charge is 2.29. The molecule has 2 unspecified atom stereocenters. The maximum absolute atomic E-state index is 3.66. The molecule has 0 amide bonds. The maximum Gasteiger partial charge on any atom is 0.0224 e. The van der Waals surface area contributed by atoms with Crippen molar-refractivity contribution in [2.45, 2.75) is 44.7 Å². The average molecular weight is 225 g/mol. The number of nitrogens with one attached hydrogen (secondary N) is 1. The first-order valence-electron chi connectivity index (χ1n) is 6.95. The van der Waals surface area contributed by atoms with Crippen molar-refractivity contribution in [2.24, 2.45) is 0 Å². The third kappa shape index (κ3) is 3.19. The molecule has 1 N–H and O–H groups in total. The molecule has 2 atom stereocenters. The predicted molar refractivity (Wildman–Crippen MR) is 68.8 cm³/mol. The number of likely N-dealkylation sites (N-methyl/N-ethyl adjacent to an activating group) is 1. The molecule has 0 aliphatic carbocycles. The van der Waals surface area contributed by atoms with Crippen molar-refractivity contribution >= 4 is 0 Å². The van der Waals surface area contributed by atoms with Gasteiger partial charge in [0.2, 0.25) is 0 Å². The standard InChI is InChI=1S/C13H27N3/c1-3-7-14-12-6-9-16(10-12)13-5-4-8-15(2)11-13/h12-14H,3-11H2,1-2H3. The van der Waals surface area contributed by atoms with Gasteiger partial charge in [-0.05, 0) is 45.8 Å². The van der Waals surface area contributed by atoms with E-state index in [4.69, 9.17) is 0 Å². The molecule has 2 heterocycles. The van der Waals surface area contributed by atoms with Crippen molar-refractivity contribution in [3.63, 3.8) is 0 Å². The van der Waals surface area contributed by atoms with Gasteiger partial charge in [0.1, 0.15) is 0 Å². The lowest BCUT2D eigenvalue weighted by molar-refractivity contribution is 0.131. The van der Waals surface area contributed by atoms with Gasteiger partial charge >= 0.3 is 0 Å². The van der Waals surface area contributed by atoms with Gasteiger partial charge in [-0.1, -0.05) is 6.92 Å². The van der Waals surface area contributed by atoms with Gasteiger partial charge in [-0.3, -0.25) is 4.90 Å². The lowest BCUT2D eigenvalue weighted by atomic mass is 10.1. The van der Waals surface area contributed by atoms with Gasteiger partial charge in [-0.2, -0.15) is 0 Å². The Balaban J connectivity index is 1.74. The lowest BCUT2D eigenvalue weighted by Crippen LogP contribution is -2.46. The van der Waals surface area contributed by atoms with Crippen LogP contribution in [-0.4, -0.2) is 61.7 Å². The number of piperidine rings is 1. The number of hydrogen-bond donors (Lipinski definition) is 1. The Bertz CT molecular complexity index is 207. The second-order valence-electron chi connectivity index (χ2n) is 5.49. The van der Waals surface area contributed by atoms with Crippen LogP contribution >= 0.6 is 0 Å². The van der Waals surface area contributed by atoms with Crippen molar-refractivity contribution in [3.8, 4) is 0 Å². The van der Waals surface area contributed by atoms with Crippen LogP contribution in [0.2, 0.25) is 0 Å². The average Bonchev–Trinajstić information content (AvgIpc) is 2.75. The molecule has 94 valence electrons. The lowest BCUT2D eigenvalue weighted by Gasteiger charge is -2.35. The van der Waals surface area contributed by atoms with Crippen LogP contribution in [0.1, 0.15) is 32.6 Å². The molecule has 2 rings (SSSR count). The van der Waals surface area contributed by atoms with Crippen molar-refractivity contribution in [1.29, 1.82) is 0 Å². The molecular formula is C13H27N3. The van der Waals surface area contributed by atoms with Crippen LogP contribution in [0.25, 0.3) is 0 Å². The van der Waals surface area contributed by atoms with E-state index in [1.54, 1.807) is 0 Å². The van der Waals surface area contributed by atoms with Gasteiger partial charge in [0.05, 0.1) is 0 Å². The third-order valence-corrected chi connectivity index (χ3v) is 4.02. The second-order valence-corrected chi connectivity index (χ2v) is 5.49. The Hall–Kier alpha value is -0.120. The van der Waals surface area contributed by atoms with E-state index in [1.807, 2.05) is 0 Å². The molecule has 2 saturated heterocycles. The Kier molecular flexibility index (Phi) is 4.62. The topological polar surface area (TPSA) is 18.5 Å². The van der Waals surface area contributed by atoms with Crippen LogP contribution in [0, 0.1) is 0 Å². The Morgan fingerprint density at radius 1 is 1.19 bits per heavy atom. The zero-order valence-electron chi connectivity index (χ0n) is 10.9. The predicted octanol–water partition coefficient (Wildman–Crippen LogP) is 1.15. The van der Waals surface area contributed by atoms with Gasteiger partial charge in [0, 0.05) is 31.7 Å². The van der Waals surface area contributed by atoms with Gasteiger partial charge < -0.3 is 10.2 Å². The minimum absolute atomic E-state index is 0.757. The summed E-state index contributed by atoms with van der Waals surface area (Å²) >= 11 is 0. The van der Waals surface area contributed by atoms with E-state index in [0.717, 1.165) is 12.1 Å². The van der Waals surface area contributed by atoms with Gasteiger partial charge in [0.25, 0.3) is 0 Å². The summed E-state index contributed by atoms with van der Waals surface area (Å²) in [5.41, 5.74) is 0. The normalized spacial score (nSPS) is 33.4. The molecule has 0 saturated carbocycles. The highest BCUT2D eigenvalue weighted by molar-refractivity contribution is 4.88. The third-order valence-electron chi connectivity index (χ3n) is 4.02. The van der Waals surface area contributed by atoms with E-state index in [2.05, 4.69) is 29.1 Å². The Morgan fingerprint density at radius 2 is 2.06 bits per heavy atom. The fourth-order valence-electron chi connectivity index (χ4n) is 3.07. The first-order chi connectivity index (χ1) is 7.79. The van der Waals surface area contributed by atoms with Crippen molar-refractivity contribution in [2.75, 3.05) is 39.8 Å². The van der Waals surface area contributed by atoms with Crippen LogP contribution in [0.3, 0.4) is 0 Å². The summed E-state index contributed by atoms with van der Waals surface area (Å²) in [5.74, 6) is 0. The van der Waals surface area contributed by atoms with Crippen LogP contribution < -0.4 is 5.32 Å². The quantitative estimate of drug-likeness (QED) is 0.774. The van der Waals surface area contributed by atoms with Crippen LogP contribution in [0.5, 0.6) is 0 Å². The molecule has 2 aliphatic heterocycles. The van der Waals surface area contributed by atoms with E-state index >= 15 is 0 Å². The highest BCUT2D eigenvalue weighted by Crippen LogP contribution is 2.19. The van der Waals surface area contributed by atoms with E-state index in [-0.39, 0.29) is 0 Å². The monoisotopic (exact) mass is 225 g/mol. The zero-order chi connectivity index (χ0) is 11.4. The first-order valence-corrected chi connectivity index (χ1v) is 6.95. The highest BCUT2D eigenvalue weighted by atomic mass is 15.3. The van der Waals surface area contributed by atoms with E-state index in [1.165, 1.54) is 58.4 Å². The number of likely N-dealkylation sites (tertiary alicyclic amines) is 2. The molecule has 0 spiro atoms. The number of nitrogens with zero attached hydrogens (tertiary/aromatic N) is 2. The van der Waals surface area contributed by atoms with E-state index in [0.29, 0.717) is 0 Å². The van der Waals surface area contributed by atoms with E-state index in [9.17, 15) is 0 Å². The summed E-state index contributed by atoms with van der Waals surface area (Å²) in [6, 6.07) is 1.58. The largest absolute Gasteiger partial charge is 0.313 e. The minimum atomic E-state index is 0.757. The van der Waals surface area contributed by atoms with Crippen LogP contribution in [0.4, 0.5) is 0 Å². The molecule has 0 aromatic carbocycles. The Labute approximate surface area is 100 Å². The number of hydrogen-bond acceptors (Lipinski definition) is 3. The second kappa shape index (κ2) is 5.99.